The minimum absolute atomic E-state index is 0.0522. The Morgan fingerprint density at radius 1 is 1.00 bits per heavy atom. The predicted molar refractivity (Wildman–Crippen MR) is 111 cm³/mol. The molecule has 0 saturated heterocycles. The van der Waals surface area contributed by atoms with Crippen molar-refractivity contribution in [2.75, 3.05) is 15.4 Å². The standard InChI is InChI=1S/C18H14ClN7O3S/c19-16-23-17(22-12-5-2-1-3-6-12)25-18(24-16)26-30(28,29)14-8-4-7-13(11-14)21-15(27)9-10-20/h1-8,11H,9H2,(H,21,27)(H2,22,23,24,25,26). The molecule has 30 heavy (non-hydrogen) atoms. The Morgan fingerprint density at radius 2 is 1.70 bits per heavy atom. The molecule has 2 aromatic carbocycles. The molecule has 0 spiro atoms. The largest absolute Gasteiger partial charge is 0.325 e. The van der Waals surface area contributed by atoms with Gasteiger partial charge in [0.1, 0.15) is 6.42 Å². The molecule has 3 N–H and O–H groups in total. The van der Waals surface area contributed by atoms with Gasteiger partial charge in [-0.25, -0.2) is 13.1 Å². The first kappa shape index (κ1) is 21.0. The molecule has 1 aromatic heterocycles. The third-order valence-electron chi connectivity index (χ3n) is 3.53. The topological polar surface area (TPSA) is 150 Å². The van der Waals surface area contributed by atoms with Gasteiger partial charge in [0.2, 0.25) is 23.1 Å². The zero-order chi connectivity index (χ0) is 21.6. The maximum atomic E-state index is 12.7. The lowest BCUT2D eigenvalue weighted by Crippen LogP contribution is -2.17. The van der Waals surface area contributed by atoms with Crippen LogP contribution in [0.3, 0.4) is 0 Å². The van der Waals surface area contributed by atoms with Gasteiger partial charge in [0.05, 0.1) is 11.0 Å². The molecule has 1 amide bonds. The molecule has 3 aromatic rings. The van der Waals surface area contributed by atoms with Crippen LogP contribution in [0.15, 0.2) is 59.5 Å². The van der Waals surface area contributed by atoms with E-state index >= 15 is 0 Å². The summed E-state index contributed by atoms with van der Waals surface area (Å²) < 4.78 is 27.6. The number of nitrogens with one attached hydrogen (secondary N) is 3. The van der Waals surface area contributed by atoms with E-state index in [1.165, 1.54) is 24.3 Å². The molecule has 0 bridgehead atoms. The van der Waals surface area contributed by atoms with Crippen molar-refractivity contribution >= 4 is 50.8 Å². The summed E-state index contributed by atoms with van der Waals surface area (Å²) in [5.74, 6) is -0.787. The quantitative estimate of drug-likeness (QED) is 0.504. The summed E-state index contributed by atoms with van der Waals surface area (Å²) in [5, 5.41) is 13.7. The molecule has 0 aliphatic heterocycles. The lowest BCUT2D eigenvalue weighted by Gasteiger charge is -2.10. The van der Waals surface area contributed by atoms with Crippen molar-refractivity contribution < 1.29 is 13.2 Å². The Balaban J connectivity index is 1.81. The Hall–Kier alpha value is -3.75. The minimum atomic E-state index is -4.10. The van der Waals surface area contributed by atoms with E-state index in [0.29, 0.717) is 5.69 Å². The van der Waals surface area contributed by atoms with Gasteiger partial charge in [-0.3, -0.25) is 4.79 Å². The summed E-state index contributed by atoms with van der Waals surface area (Å²) in [6, 6.07) is 16.2. The average molecular weight is 444 g/mol. The monoisotopic (exact) mass is 443 g/mol. The van der Waals surface area contributed by atoms with Crippen molar-refractivity contribution in [3.63, 3.8) is 0 Å². The number of hydrogen-bond acceptors (Lipinski definition) is 8. The number of anilines is 4. The predicted octanol–water partition coefficient (Wildman–Crippen LogP) is 2.92. The third-order valence-corrected chi connectivity index (χ3v) is 5.03. The van der Waals surface area contributed by atoms with E-state index < -0.39 is 15.9 Å². The van der Waals surface area contributed by atoms with Crippen molar-refractivity contribution in [3.8, 4) is 6.07 Å². The molecule has 0 saturated carbocycles. The molecule has 10 nitrogen and oxygen atoms in total. The highest BCUT2D eigenvalue weighted by Gasteiger charge is 2.18. The molecule has 3 rings (SSSR count). The molecule has 0 atom stereocenters. The fourth-order valence-electron chi connectivity index (χ4n) is 2.30. The number of sulfonamides is 1. The van der Waals surface area contributed by atoms with Crippen LogP contribution in [0.25, 0.3) is 0 Å². The van der Waals surface area contributed by atoms with E-state index in [4.69, 9.17) is 16.9 Å². The molecule has 0 aliphatic rings. The highest BCUT2D eigenvalue weighted by atomic mass is 35.5. The molecule has 0 unspecified atom stereocenters. The van der Waals surface area contributed by atoms with E-state index in [9.17, 15) is 13.2 Å². The number of para-hydroxylation sites is 1. The molecule has 0 aliphatic carbocycles. The van der Waals surface area contributed by atoms with Gasteiger partial charge in [0.25, 0.3) is 10.0 Å². The number of amides is 1. The maximum absolute atomic E-state index is 12.7. The van der Waals surface area contributed by atoms with Crippen LogP contribution >= 0.6 is 11.6 Å². The molecule has 152 valence electrons. The van der Waals surface area contributed by atoms with Crippen molar-refractivity contribution in [1.29, 1.82) is 5.26 Å². The van der Waals surface area contributed by atoms with Gasteiger partial charge in [-0.2, -0.15) is 20.2 Å². The van der Waals surface area contributed by atoms with Gasteiger partial charge in [-0.05, 0) is 41.9 Å². The van der Waals surface area contributed by atoms with Crippen molar-refractivity contribution in [2.45, 2.75) is 11.3 Å². The Kier molecular flexibility index (Phi) is 6.41. The molecule has 12 heteroatoms. The molecule has 0 radical (unpaired) electrons. The normalized spacial score (nSPS) is 10.7. The maximum Gasteiger partial charge on any atom is 0.264 e. The number of carbonyl (C=O) groups excluding carboxylic acids is 1. The van der Waals surface area contributed by atoms with Gasteiger partial charge in [-0.15, -0.1) is 0 Å². The second-order valence-electron chi connectivity index (χ2n) is 5.76. The van der Waals surface area contributed by atoms with Crippen LogP contribution in [0.5, 0.6) is 0 Å². The molecule has 1 heterocycles. The van der Waals surface area contributed by atoms with Crippen LogP contribution in [0.2, 0.25) is 5.28 Å². The highest BCUT2D eigenvalue weighted by Crippen LogP contribution is 2.20. The summed E-state index contributed by atoms with van der Waals surface area (Å²) in [6.45, 7) is 0. The zero-order valence-electron chi connectivity index (χ0n) is 15.2. The number of rotatable bonds is 7. The SMILES string of the molecule is N#CCC(=O)Nc1cccc(S(=O)(=O)Nc2nc(Cl)nc(Nc3ccccc3)n2)c1. The average Bonchev–Trinajstić information content (AvgIpc) is 2.68. The smallest absolute Gasteiger partial charge is 0.264 e. The van der Waals surface area contributed by atoms with Gasteiger partial charge in [0, 0.05) is 11.4 Å². The van der Waals surface area contributed by atoms with E-state index in [-0.39, 0.29) is 34.2 Å². The van der Waals surface area contributed by atoms with E-state index in [0.717, 1.165) is 0 Å². The Labute approximate surface area is 177 Å². The molecule has 0 fully saturated rings. The second kappa shape index (κ2) is 9.17. The van der Waals surface area contributed by atoms with Crippen molar-refractivity contribution in [3.05, 3.63) is 59.9 Å². The van der Waals surface area contributed by atoms with Crippen molar-refractivity contribution in [1.82, 2.24) is 15.0 Å². The van der Waals surface area contributed by atoms with Crippen LogP contribution in [-0.4, -0.2) is 29.3 Å². The number of nitriles is 1. The highest BCUT2D eigenvalue weighted by molar-refractivity contribution is 7.92. The van der Waals surface area contributed by atoms with Crippen LogP contribution < -0.4 is 15.4 Å². The number of aromatic nitrogens is 3. The van der Waals surface area contributed by atoms with Gasteiger partial charge in [-0.1, -0.05) is 24.3 Å². The fraction of sp³-hybridized carbons (Fsp3) is 0.0556. The Bertz CT molecular complexity index is 1210. The van der Waals surface area contributed by atoms with Crippen LogP contribution in [0, 0.1) is 11.3 Å². The van der Waals surface area contributed by atoms with Crippen LogP contribution in [0.4, 0.5) is 23.3 Å². The fourth-order valence-corrected chi connectivity index (χ4v) is 3.45. The summed E-state index contributed by atoms with van der Waals surface area (Å²) in [4.78, 5) is 23.1. The van der Waals surface area contributed by atoms with Gasteiger partial charge < -0.3 is 10.6 Å². The van der Waals surface area contributed by atoms with Crippen molar-refractivity contribution in [2.24, 2.45) is 0 Å². The summed E-state index contributed by atoms with van der Waals surface area (Å²) in [6.07, 6.45) is -0.351. The molecular formula is C18H14ClN7O3S. The number of halogens is 1. The first-order chi connectivity index (χ1) is 14.4. The summed E-state index contributed by atoms with van der Waals surface area (Å²) in [5.41, 5.74) is 0.896. The number of nitrogens with zero attached hydrogens (tertiary/aromatic N) is 4. The van der Waals surface area contributed by atoms with Crippen LogP contribution in [0.1, 0.15) is 6.42 Å². The van der Waals surface area contributed by atoms with E-state index in [2.05, 4.69) is 30.3 Å². The van der Waals surface area contributed by atoms with E-state index in [1.54, 1.807) is 30.3 Å². The lowest BCUT2D eigenvalue weighted by atomic mass is 10.3. The summed E-state index contributed by atoms with van der Waals surface area (Å²) >= 11 is 5.89. The summed E-state index contributed by atoms with van der Waals surface area (Å²) in [7, 11) is -4.10. The minimum Gasteiger partial charge on any atom is -0.325 e. The molecular weight excluding hydrogens is 430 g/mol. The third kappa shape index (κ3) is 5.63. The first-order valence-electron chi connectivity index (χ1n) is 8.39. The van der Waals surface area contributed by atoms with Crippen LogP contribution in [-0.2, 0) is 14.8 Å². The Morgan fingerprint density at radius 3 is 2.43 bits per heavy atom. The van der Waals surface area contributed by atoms with E-state index in [1.807, 2.05) is 6.07 Å². The van der Waals surface area contributed by atoms with Gasteiger partial charge in [0.15, 0.2) is 0 Å². The second-order valence-corrected chi connectivity index (χ2v) is 7.78. The zero-order valence-corrected chi connectivity index (χ0v) is 16.8. The first-order valence-corrected chi connectivity index (χ1v) is 10.3. The number of carbonyl (C=O) groups is 1. The lowest BCUT2D eigenvalue weighted by molar-refractivity contribution is -0.115. The number of hydrogen-bond donors (Lipinski definition) is 3. The number of benzene rings is 2. The van der Waals surface area contributed by atoms with Gasteiger partial charge >= 0.3 is 0 Å².